The van der Waals surface area contributed by atoms with Crippen molar-refractivity contribution in [1.29, 1.82) is 0 Å². The quantitative estimate of drug-likeness (QED) is 0.294. The Morgan fingerprint density at radius 2 is 1.64 bits per heavy atom. The fourth-order valence-electron chi connectivity index (χ4n) is 8.56. The molecule has 6 heteroatoms. The Kier molecular flexibility index (Phi) is 6.60. The average molecular weight is 526 g/mol. The number of carboxylic acids is 1. The van der Waals surface area contributed by atoms with Crippen molar-refractivity contribution in [3.63, 3.8) is 0 Å². The summed E-state index contributed by atoms with van der Waals surface area (Å²) >= 11 is 0. The molecular weight excluding hydrogens is 486 g/mol. The number of nitrogens with zero attached hydrogens (tertiary/aromatic N) is 1. The van der Waals surface area contributed by atoms with Gasteiger partial charge in [0.05, 0.1) is 6.42 Å². The molecule has 1 amide bonds. The van der Waals surface area contributed by atoms with Gasteiger partial charge in [-0.05, 0) is 124 Å². The largest absolute Gasteiger partial charge is 0.481 e. The Labute approximate surface area is 230 Å². The Morgan fingerprint density at radius 1 is 1.00 bits per heavy atom. The normalized spacial score (nSPS) is 25.2. The van der Waals surface area contributed by atoms with Gasteiger partial charge in [-0.15, -0.1) is 0 Å². The molecule has 4 bridgehead atoms. The predicted molar refractivity (Wildman–Crippen MR) is 153 cm³/mol. The highest BCUT2D eigenvalue weighted by Crippen LogP contribution is 2.61. The van der Waals surface area contributed by atoms with E-state index in [9.17, 15) is 14.7 Å². The van der Waals surface area contributed by atoms with E-state index >= 15 is 0 Å². The van der Waals surface area contributed by atoms with E-state index in [0.29, 0.717) is 22.4 Å². The summed E-state index contributed by atoms with van der Waals surface area (Å²) in [7, 11) is 0. The number of carboxylic acid groups (broad SMARTS) is 1. The fourth-order valence-corrected chi connectivity index (χ4v) is 8.56. The summed E-state index contributed by atoms with van der Waals surface area (Å²) < 4.78 is 0. The highest BCUT2D eigenvalue weighted by Gasteiger charge is 2.50. The van der Waals surface area contributed by atoms with Crippen molar-refractivity contribution in [3.8, 4) is 11.4 Å². The number of imidazole rings is 1. The molecule has 4 fully saturated rings. The van der Waals surface area contributed by atoms with E-state index in [2.05, 4.69) is 43.2 Å². The predicted octanol–water partition coefficient (Wildman–Crippen LogP) is 7.03. The van der Waals surface area contributed by atoms with Crippen molar-refractivity contribution in [2.45, 2.75) is 78.6 Å². The molecule has 0 saturated heterocycles. The van der Waals surface area contributed by atoms with Crippen LogP contribution in [-0.2, 0) is 17.6 Å². The van der Waals surface area contributed by atoms with Crippen LogP contribution >= 0.6 is 0 Å². The minimum atomic E-state index is -0.897. The van der Waals surface area contributed by atoms with Gasteiger partial charge in [-0.25, -0.2) is 4.98 Å². The zero-order valence-corrected chi connectivity index (χ0v) is 23.3. The molecule has 0 radical (unpaired) electrons. The molecule has 2 aromatic carbocycles. The van der Waals surface area contributed by atoms with Crippen LogP contribution in [0.5, 0.6) is 0 Å². The Balaban J connectivity index is 1.30. The third-order valence-electron chi connectivity index (χ3n) is 9.52. The lowest BCUT2D eigenvalue weighted by atomic mass is 9.48. The molecule has 4 saturated carbocycles. The molecule has 3 aromatic rings. The van der Waals surface area contributed by atoms with Crippen LogP contribution in [0.15, 0.2) is 36.4 Å². The maximum atomic E-state index is 13.6. The molecule has 4 aliphatic rings. The molecule has 39 heavy (non-hydrogen) atoms. The topological polar surface area (TPSA) is 95.1 Å². The van der Waals surface area contributed by atoms with E-state index in [1.54, 1.807) is 24.3 Å². The lowest BCUT2D eigenvalue weighted by Gasteiger charge is -2.57. The van der Waals surface area contributed by atoms with Crippen molar-refractivity contribution in [3.05, 3.63) is 70.0 Å². The van der Waals surface area contributed by atoms with Crippen LogP contribution < -0.4 is 5.32 Å². The zero-order valence-electron chi connectivity index (χ0n) is 23.3. The maximum absolute atomic E-state index is 13.6. The summed E-state index contributed by atoms with van der Waals surface area (Å²) in [6, 6.07) is 11.4. The van der Waals surface area contributed by atoms with Crippen molar-refractivity contribution < 1.29 is 14.7 Å². The summed E-state index contributed by atoms with van der Waals surface area (Å²) in [4.78, 5) is 33.3. The highest BCUT2D eigenvalue weighted by atomic mass is 16.4. The van der Waals surface area contributed by atoms with Crippen molar-refractivity contribution in [2.75, 3.05) is 5.32 Å². The second-order valence-corrected chi connectivity index (χ2v) is 12.8. The Bertz CT molecular complexity index is 1380. The molecule has 4 aliphatic carbocycles. The van der Waals surface area contributed by atoms with E-state index in [-0.39, 0.29) is 12.3 Å². The number of rotatable bonds is 8. The van der Waals surface area contributed by atoms with Crippen LogP contribution in [0, 0.1) is 43.9 Å². The standard InChI is InChI=1S/C33H39N3O3/c1-19-9-20(2)29(21(3)10-19)31-35-27(7-8-33-16-23-11-24(17-33)13-25(12-23)18-33)30(36-31)32(39)34-26-6-4-5-22(14-26)15-28(37)38/h4-6,9-10,14,23-25H,7-8,11-13,15-18H2,1-3H3,(H,34,39)(H,35,36)(H,37,38). The molecule has 0 spiro atoms. The van der Waals surface area contributed by atoms with Gasteiger partial charge in [-0.1, -0.05) is 29.8 Å². The van der Waals surface area contributed by atoms with Gasteiger partial charge in [-0.2, -0.15) is 0 Å². The number of anilines is 1. The van der Waals surface area contributed by atoms with Crippen LogP contribution in [0.4, 0.5) is 5.69 Å². The molecule has 3 N–H and O–H groups in total. The smallest absolute Gasteiger partial charge is 0.307 e. The number of carbonyl (C=O) groups is 2. The number of aliphatic carboxylic acids is 1. The second-order valence-electron chi connectivity index (χ2n) is 12.8. The first-order valence-corrected chi connectivity index (χ1v) is 14.5. The van der Waals surface area contributed by atoms with E-state index in [1.165, 1.54) is 44.1 Å². The molecule has 0 aliphatic heterocycles. The number of H-pyrrole nitrogens is 1. The van der Waals surface area contributed by atoms with E-state index in [1.807, 2.05) is 0 Å². The molecule has 7 rings (SSSR count). The Hall–Kier alpha value is -3.41. The number of hydrogen-bond acceptors (Lipinski definition) is 3. The summed E-state index contributed by atoms with van der Waals surface area (Å²) in [5.74, 6) is 2.28. The SMILES string of the molecule is Cc1cc(C)c(-c2nc(C(=O)Nc3cccc(CC(=O)O)c3)c(CCC34CC5CC(CC(C5)C3)C4)[nH]2)c(C)c1. The molecule has 1 heterocycles. The molecule has 204 valence electrons. The Morgan fingerprint density at radius 3 is 2.26 bits per heavy atom. The van der Waals surface area contributed by atoms with Crippen LogP contribution in [0.25, 0.3) is 11.4 Å². The number of aromatic amines is 1. The fraction of sp³-hybridized carbons (Fsp3) is 0.485. The third-order valence-corrected chi connectivity index (χ3v) is 9.52. The lowest BCUT2D eigenvalue weighted by molar-refractivity contribution is -0.136. The van der Waals surface area contributed by atoms with Gasteiger partial charge in [0.15, 0.2) is 0 Å². The van der Waals surface area contributed by atoms with Crippen molar-refractivity contribution in [2.24, 2.45) is 23.2 Å². The number of aromatic nitrogens is 2. The number of benzene rings is 2. The highest BCUT2D eigenvalue weighted by molar-refractivity contribution is 6.04. The lowest BCUT2D eigenvalue weighted by Crippen LogP contribution is -2.46. The minimum absolute atomic E-state index is 0.0848. The molecule has 6 nitrogen and oxygen atoms in total. The summed E-state index contributed by atoms with van der Waals surface area (Å²) in [5, 5.41) is 12.2. The monoisotopic (exact) mass is 525 g/mol. The average Bonchev–Trinajstić information content (AvgIpc) is 3.25. The van der Waals surface area contributed by atoms with Gasteiger partial charge < -0.3 is 15.4 Å². The number of amides is 1. The number of hydrogen-bond donors (Lipinski definition) is 3. The zero-order chi connectivity index (χ0) is 27.3. The van der Waals surface area contributed by atoms with E-state index in [0.717, 1.165) is 58.8 Å². The molecule has 1 aromatic heterocycles. The molecule has 0 atom stereocenters. The maximum Gasteiger partial charge on any atom is 0.307 e. The van der Waals surface area contributed by atoms with Crippen LogP contribution in [-0.4, -0.2) is 27.0 Å². The number of nitrogens with one attached hydrogen (secondary N) is 2. The summed E-state index contributed by atoms with van der Waals surface area (Å²) in [6.07, 6.45) is 10.1. The third kappa shape index (κ3) is 5.26. The van der Waals surface area contributed by atoms with Gasteiger partial charge in [0.25, 0.3) is 5.91 Å². The number of aryl methyl sites for hydroxylation is 4. The van der Waals surface area contributed by atoms with E-state index < -0.39 is 5.97 Å². The van der Waals surface area contributed by atoms with Gasteiger partial charge in [-0.3, -0.25) is 9.59 Å². The first kappa shape index (κ1) is 25.8. The van der Waals surface area contributed by atoms with Crippen LogP contribution in [0.2, 0.25) is 0 Å². The number of carbonyl (C=O) groups excluding carboxylic acids is 1. The van der Waals surface area contributed by atoms with Crippen molar-refractivity contribution in [1.82, 2.24) is 9.97 Å². The summed E-state index contributed by atoms with van der Waals surface area (Å²) in [6.45, 7) is 6.29. The van der Waals surface area contributed by atoms with Gasteiger partial charge in [0, 0.05) is 16.9 Å². The minimum Gasteiger partial charge on any atom is -0.481 e. The van der Waals surface area contributed by atoms with Gasteiger partial charge in [0.2, 0.25) is 0 Å². The first-order chi connectivity index (χ1) is 18.7. The summed E-state index contributed by atoms with van der Waals surface area (Å²) in [5.41, 5.74) is 7.53. The van der Waals surface area contributed by atoms with Crippen molar-refractivity contribution >= 4 is 17.6 Å². The van der Waals surface area contributed by atoms with Gasteiger partial charge >= 0.3 is 5.97 Å². The first-order valence-electron chi connectivity index (χ1n) is 14.5. The van der Waals surface area contributed by atoms with Crippen LogP contribution in [0.3, 0.4) is 0 Å². The molecule has 0 unspecified atom stereocenters. The van der Waals surface area contributed by atoms with Crippen LogP contribution in [0.1, 0.15) is 83.4 Å². The van der Waals surface area contributed by atoms with E-state index in [4.69, 9.17) is 4.98 Å². The second kappa shape index (κ2) is 9.96. The van der Waals surface area contributed by atoms with Gasteiger partial charge in [0.1, 0.15) is 11.5 Å². The molecular formula is C33H39N3O3.